The maximum absolute atomic E-state index is 10.2. The summed E-state index contributed by atoms with van der Waals surface area (Å²) in [4.78, 5) is 10.2. The molecule has 68 valence electrons. The molecular weight excluding hydrogens is 156 g/mol. The first-order valence-electron chi connectivity index (χ1n) is 4.29. The molecule has 1 aliphatic rings. The standard InChI is InChI=1S/C9H14O3/c10-8-4-2-1-3-7(8)5-6-9(11)12/h5-8,10H,1-4H2,(H,11,12)/b6-5+. The van der Waals surface area contributed by atoms with Crippen molar-refractivity contribution in [2.24, 2.45) is 5.92 Å². The Labute approximate surface area is 71.7 Å². The molecule has 1 rings (SSSR count). The zero-order valence-electron chi connectivity index (χ0n) is 6.94. The Morgan fingerprint density at radius 2 is 2.00 bits per heavy atom. The van der Waals surface area contributed by atoms with Gasteiger partial charge < -0.3 is 10.2 Å². The van der Waals surface area contributed by atoms with Crippen molar-refractivity contribution in [3.63, 3.8) is 0 Å². The number of hydrogen-bond acceptors (Lipinski definition) is 2. The van der Waals surface area contributed by atoms with Gasteiger partial charge in [0.25, 0.3) is 0 Å². The van der Waals surface area contributed by atoms with Crippen LogP contribution in [0.25, 0.3) is 0 Å². The lowest BCUT2D eigenvalue weighted by molar-refractivity contribution is -0.131. The van der Waals surface area contributed by atoms with E-state index in [4.69, 9.17) is 5.11 Å². The van der Waals surface area contributed by atoms with Gasteiger partial charge in [0.2, 0.25) is 0 Å². The molecule has 1 aliphatic carbocycles. The Hall–Kier alpha value is -0.830. The van der Waals surface area contributed by atoms with Crippen molar-refractivity contribution < 1.29 is 15.0 Å². The molecule has 0 aromatic carbocycles. The third kappa shape index (κ3) is 2.66. The van der Waals surface area contributed by atoms with Gasteiger partial charge in [-0.05, 0) is 12.8 Å². The molecule has 2 atom stereocenters. The van der Waals surface area contributed by atoms with E-state index < -0.39 is 5.97 Å². The summed E-state index contributed by atoms with van der Waals surface area (Å²) < 4.78 is 0. The fourth-order valence-corrected chi connectivity index (χ4v) is 1.57. The van der Waals surface area contributed by atoms with Gasteiger partial charge in [-0.3, -0.25) is 0 Å². The second kappa shape index (κ2) is 4.26. The fourth-order valence-electron chi connectivity index (χ4n) is 1.57. The smallest absolute Gasteiger partial charge is 0.327 e. The molecule has 1 fully saturated rings. The monoisotopic (exact) mass is 170 g/mol. The maximum Gasteiger partial charge on any atom is 0.327 e. The summed E-state index contributed by atoms with van der Waals surface area (Å²) in [5, 5.41) is 17.8. The van der Waals surface area contributed by atoms with Gasteiger partial charge in [0, 0.05) is 12.0 Å². The van der Waals surface area contributed by atoms with Gasteiger partial charge in [-0.25, -0.2) is 4.79 Å². The molecule has 12 heavy (non-hydrogen) atoms. The molecule has 0 aliphatic heterocycles. The Kier molecular flexibility index (Phi) is 3.29. The third-order valence-corrected chi connectivity index (χ3v) is 2.27. The molecule has 3 nitrogen and oxygen atoms in total. The highest BCUT2D eigenvalue weighted by Gasteiger charge is 2.20. The predicted octanol–water partition coefficient (Wildman–Crippen LogP) is 1.18. The largest absolute Gasteiger partial charge is 0.478 e. The second-order valence-corrected chi connectivity index (χ2v) is 3.21. The summed E-state index contributed by atoms with van der Waals surface area (Å²) >= 11 is 0. The Morgan fingerprint density at radius 1 is 1.33 bits per heavy atom. The highest BCUT2D eigenvalue weighted by atomic mass is 16.4. The highest BCUT2D eigenvalue weighted by molar-refractivity contribution is 5.79. The number of aliphatic hydroxyl groups excluding tert-OH is 1. The van der Waals surface area contributed by atoms with Crippen molar-refractivity contribution in [2.75, 3.05) is 0 Å². The Balaban J connectivity index is 2.43. The molecule has 2 N–H and O–H groups in total. The Bertz CT molecular complexity index is 186. The summed E-state index contributed by atoms with van der Waals surface area (Å²) in [6.07, 6.45) is 6.24. The van der Waals surface area contributed by atoms with E-state index in [-0.39, 0.29) is 12.0 Å². The van der Waals surface area contributed by atoms with Crippen LogP contribution in [0.15, 0.2) is 12.2 Å². The lowest BCUT2D eigenvalue weighted by Gasteiger charge is -2.24. The average Bonchev–Trinajstić information content (AvgIpc) is 2.03. The molecule has 3 heteroatoms. The molecule has 0 aromatic heterocycles. The number of carboxylic acids is 1. The van der Waals surface area contributed by atoms with Gasteiger partial charge in [0.05, 0.1) is 6.10 Å². The number of aliphatic carboxylic acids is 1. The fraction of sp³-hybridized carbons (Fsp3) is 0.667. The molecule has 0 saturated heterocycles. The van der Waals surface area contributed by atoms with Crippen LogP contribution in [-0.4, -0.2) is 22.3 Å². The van der Waals surface area contributed by atoms with Crippen molar-refractivity contribution in [1.82, 2.24) is 0 Å². The number of carboxylic acid groups (broad SMARTS) is 1. The van der Waals surface area contributed by atoms with Crippen molar-refractivity contribution in [3.8, 4) is 0 Å². The third-order valence-electron chi connectivity index (χ3n) is 2.27. The maximum atomic E-state index is 10.2. The summed E-state index contributed by atoms with van der Waals surface area (Å²) in [6, 6.07) is 0. The van der Waals surface area contributed by atoms with E-state index in [2.05, 4.69) is 0 Å². The van der Waals surface area contributed by atoms with Crippen LogP contribution in [0.3, 0.4) is 0 Å². The number of hydrogen-bond donors (Lipinski definition) is 2. The normalized spacial score (nSPS) is 30.8. The first kappa shape index (κ1) is 9.26. The van der Waals surface area contributed by atoms with Gasteiger partial charge in [-0.15, -0.1) is 0 Å². The van der Waals surface area contributed by atoms with Gasteiger partial charge in [0.15, 0.2) is 0 Å². The van der Waals surface area contributed by atoms with Gasteiger partial charge in [-0.1, -0.05) is 18.9 Å². The average molecular weight is 170 g/mol. The van der Waals surface area contributed by atoms with Crippen LogP contribution in [0.1, 0.15) is 25.7 Å². The molecular formula is C9H14O3. The Morgan fingerprint density at radius 3 is 2.58 bits per heavy atom. The van der Waals surface area contributed by atoms with Gasteiger partial charge in [0.1, 0.15) is 0 Å². The molecule has 0 bridgehead atoms. The molecule has 1 saturated carbocycles. The quantitative estimate of drug-likeness (QED) is 0.612. The van der Waals surface area contributed by atoms with Crippen LogP contribution < -0.4 is 0 Å². The van der Waals surface area contributed by atoms with Crippen molar-refractivity contribution in [3.05, 3.63) is 12.2 Å². The summed E-state index contributed by atoms with van der Waals surface area (Å²) in [6.45, 7) is 0. The molecule has 2 unspecified atom stereocenters. The van der Waals surface area contributed by atoms with Crippen LogP contribution in [0.5, 0.6) is 0 Å². The molecule has 0 spiro atoms. The predicted molar refractivity (Wildman–Crippen MR) is 44.7 cm³/mol. The van der Waals surface area contributed by atoms with Crippen LogP contribution in [0, 0.1) is 5.92 Å². The molecule has 0 aromatic rings. The topological polar surface area (TPSA) is 57.5 Å². The number of rotatable bonds is 2. The molecule has 0 amide bonds. The zero-order chi connectivity index (χ0) is 8.97. The lowest BCUT2D eigenvalue weighted by atomic mass is 9.86. The zero-order valence-corrected chi connectivity index (χ0v) is 6.94. The summed E-state index contributed by atoms with van der Waals surface area (Å²) in [5.74, 6) is -0.886. The van der Waals surface area contributed by atoms with E-state index >= 15 is 0 Å². The second-order valence-electron chi connectivity index (χ2n) is 3.21. The van der Waals surface area contributed by atoms with Crippen LogP contribution in [0.4, 0.5) is 0 Å². The van der Waals surface area contributed by atoms with E-state index in [9.17, 15) is 9.90 Å². The lowest BCUT2D eigenvalue weighted by Crippen LogP contribution is -2.22. The first-order valence-corrected chi connectivity index (χ1v) is 4.29. The summed E-state index contributed by atoms with van der Waals surface area (Å²) in [7, 11) is 0. The van der Waals surface area contributed by atoms with E-state index in [1.165, 1.54) is 0 Å². The number of carbonyl (C=O) groups is 1. The highest BCUT2D eigenvalue weighted by Crippen LogP contribution is 2.25. The van der Waals surface area contributed by atoms with E-state index in [0.717, 1.165) is 31.8 Å². The minimum atomic E-state index is -0.937. The molecule has 0 radical (unpaired) electrons. The summed E-state index contributed by atoms with van der Waals surface area (Å²) in [5.41, 5.74) is 0. The SMILES string of the molecule is O=C(O)/C=C/C1CCCCC1O. The van der Waals surface area contributed by atoms with Crippen LogP contribution in [0.2, 0.25) is 0 Å². The van der Waals surface area contributed by atoms with E-state index in [1.54, 1.807) is 6.08 Å². The van der Waals surface area contributed by atoms with Crippen molar-refractivity contribution in [1.29, 1.82) is 0 Å². The first-order chi connectivity index (χ1) is 5.70. The van der Waals surface area contributed by atoms with Gasteiger partial charge in [-0.2, -0.15) is 0 Å². The van der Waals surface area contributed by atoms with E-state index in [0.29, 0.717) is 0 Å². The molecule has 0 heterocycles. The van der Waals surface area contributed by atoms with E-state index in [1.807, 2.05) is 0 Å². The minimum Gasteiger partial charge on any atom is -0.478 e. The number of aliphatic hydroxyl groups is 1. The van der Waals surface area contributed by atoms with Crippen LogP contribution >= 0.6 is 0 Å². The van der Waals surface area contributed by atoms with Crippen LogP contribution in [-0.2, 0) is 4.79 Å². The van der Waals surface area contributed by atoms with Gasteiger partial charge >= 0.3 is 5.97 Å². The van der Waals surface area contributed by atoms with Crippen molar-refractivity contribution >= 4 is 5.97 Å². The minimum absolute atomic E-state index is 0.0508. The van der Waals surface area contributed by atoms with Crippen molar-refractivity contribution in [2.45, 2.75) is 31.8 Å².